The Morgan fingerprint density at radius 1 is 1.55 bits per heavy atom. The minimum Gasteiger partial charge on any atom is -0.490 e. The van der Waals surface area contributed by atoms with Crippen molar-refractivity contribution in [3.05, 3.63) is 28.1 Å². The lowest BCUT2D eigenvalue weighted by Crippen LogP contribution is -2.43. The zero-order valence-electron chi connectivity index (χ0n) is 11.4. The Balaban J connectivity index is 2.35. The fraction of sp³-hybridized carbons (Fsp3) is 0.538. The fourth-order valence-electron chi connectivity index (χ4n) is 2.35. The minimum absolute atomic E-state index is 0.0134. The second kappa shape index (κ2) is 5.62. The monoisotopic (exact) mass is 284 g/mol. The molecule has 0 spiro atoms. The van der Waals surface area contributed by atoms with Crippen LogP contribution in [0.25, 0.3) is 0 Å². The van der Waals surface area contributed by atoms with Crippen LogP contribution >= 0.6 is 0 Å². The molecule has 2 rings (SSSR count). The van der Waals surface area contributed by atoms with Gasteiger partial charge in [-0.15, -0.1) is 0 Å². The molecule has 1 aromatic carbocycles. The Hall–Kier alpha value is -1.89. The quantitative estimate of drug-likeness (QED) is 0.678. The summed E-state index contributed by atoms with van der Waals surface area (Å²) in [5.41, 5.74) is -0.182. The molecule has 0 aromatic heterocycles. The predicted molar refractivity (Wildman–Crippen MR) is 71.6 cm³/mol. The van der Waals surface area contributed by atoms with Gasteiger partial charge < -0.3 is 14.7 Å². The van der Waals surface area contributed by atoms with Gasteiger partial charge in [0.15, 0.2) is 11.6 Å². The first-order valence-electron chi connectivity index (χ1n) is 6.39. The van der Waals surface area contributed by atoms with E-state index in [2.05, 4.69) is 0 Å². The van der Waals surface area contributed by atoms with Gasteiger partial charge >= 0.3 is 5.69 Å². The third-order valence-corrected chi connectivity index (χ3v) is 3.70. The standard InChI is InChI=1S/C13H17FN2O4/c1-8-3-4-15(7-12(8)17)10-6-13(20-2)11(16(18)19)5-9(10)14/h5-6,8,12,17H,3-4,7H2,1-2H3. The van der Waals surface area contributed by atoms with E-state index in [4.69, 9.17) is 4.74 Å². The smallest absolute Gasteiger partial charge is 0.313 e. The molecule has 1 saturated heterocycles. The number of aliphatic hydroxyl groups excluding tert-OH is 1. The SMILES string of the molecule is COc1cc(N2CCC(C)C(O)C2)c(F)cc1[N+](=O)[O-]. The van der Waals surface area contributed by atoms with Crippen molar-refractivity contribution in [2.45, 2.75) is 19.4 Å². The summed E-state index contributed by atoms with van der Waals surface area (Å²) in [7, 11) is 1.30. The summed E-state index contributed by atoms with van der Waals surface area (Å²) >= 11 is 0. The topological polar surface area (TPSA) is 75.8 Å². The van der Waals surface area contributed by atoms with Crippen molar-refractivity contribution in [3.8, 4) is 5.75 Å². The Bertz CT molecular complexity index is 523. The van der Waals surface area contributed by atoms with Crippen molar-refractivity contribution in [3.63, 3.8) is 0 Å². The molecule has 2 unspecified atom stereocenters. The van der Waals surface area contributed by atoms with Gasteiger partial charge in [-0.2, -0.15) is 0 Å². The zero-order chi connectivity index (χ0) is 14.9. The number of hydrogen-bond donors (Lipinski definition) is 1. The van der Waals surface area contributed by atoms with E-state index in [0.717, 1.165) is 12.5 Å². The van der Waals surface area contributed by atoms with Crippen LogP contribution in [0.2, 0.25) is 0 Å². The molecule has 6 nitrogen and oxygen atoms in total. The van der Waals surface area contributed by atoms with Crippen molar-refractivity contribution in [2.75, 3.05) is 25.1 Å². The lowest BCUT2D eigenvalue weighted by Gasteiger charge is -2.36. The summed E-state index contributed by atoms with van der Waals surface area (Å²) in [6.07, 6.45) is 0.198. The van der Waals surface area contributed by atoms with Gasteiger partial charge in [0, 0.05) is 19.2 Å². The average molecular weight is 284 g/mol. The van der Waals surface area contributed by atoms with Crippen LogP contribution in [0.3, 0.4) is 0 Å². The zero-order valence-corrected chi connectivity index (χ0v) is 11.4. The maximum absolute atomic E-state index is 14.1. The number of methoxy groups -OCH3 is 1. The summed E-state index contributed by atoms with van der Waals surface area (Å²) in [5.74, 6) is -0.506. The van der Waals surface area contributed by atoms with Crippen LogP contribution in [0, 0.1) is 21.8 Å². The molecule has 1 heterocycles. The lowest BCUT2D eigenvalue weighted by molar-refractivity contribution is -0.385. The number of nitro groups is 1. The highest BCUT2D eigenvalue weighted by Gasteiger charge is 2.28. The molecule has 1 aliphatic rings. The normalized spacial score (nSPS) is 22.7. The van der Waals surface area contributed by atoms with Crippen molar-refractivity contribution >= 4 is 11.4 Å². The van der Waals surface area contributed by atoms with E-state index in [-0.39, 0.29) is 17.4 Å². The summed E-state index contributed by atoms with van der Waals surface area (Å²) in [4.78, 5) is 11.8. The van der Waals surface area contributed by atoms with Gasteiger partial charge in [0.1, 0.15) is 0 Å². The second-order valence-electron chi connectivity index (χ2n) is 5.01. The number of aliphatic hydroxyl groups is 1. The van der Waals surface area contributed by atoms with Crippen LogP contribution in [0.5, 0.6) is 5.75 Å². The minimum atomic E-state index is -0.682. The number of hydrogen-bond acceptors (Lipinski definition) is 5. The van der Waals surface area contributed by atoms with E-state index in [1.807, 2.05) is 6.92 Å². The largest absolute Gasteiger partial charge is 0.490 e. The molecule has 2 atom stereocenters. The van der Waals surface area contributed by atoms with Crippen LogP contribution in [0.4, 0.5) is 15.8 Å². The molecule has 20 heavy (non-hydrogen) atoms. The molecule has 0 aliphatic carbocycles. The molecule has 1 aliphatic heterocycles. The van der Waals surface area contributed by atoms with E-state index >= 15 is 0 Å². The van der Waals surface area contributed by atoms with Crippen LogP contribution in [-0.4, -0.2) is 36.3 Å². The van der Waals surface area contributed by atoms with E-state index in [1.165, 1.54) is 13.2 Å². The Morgan fingerprint density at radius 3 is 2.80 bits per heavy atom. The van der Waals surface area contributed by atoms with E-state index < -0.39 is 22.5 Å². The van der Waals surface area contributed by atoms with Crippen LogP contribution in [-0.2, 0) is 0 Å². The highest BCUT2D eigenvalue weighted by Crippen LogP contribution is 2.35. The molecule has 110 valence electrons. The first kappa shape index (κ1) is 14.5. The molecule has 7 heteroatoms. The maximum Gasteiger partial charge on any atom is 0.313 e. The predicted octanol–water partition coefficient (Wildman–Crippen LogP) is 1.95. The molecule has 1 fully saturated rings. The van der Waals surface area contributed by atoms with Crippen molar-refractivity contribution in [1.82, 2.24) is 0 Å². The van der Waals surface area contributed by atoms with Gasteiger partial charge in [0.2, 0.25) is 0 Å². The van der Waals surface area contributed by atoms with Gasteiger partial charge in [-0.3, -0.25) is 10.1 Å². The number of nitro benzene ring substituents is 1. The van der Waals surface area contributed by atoms with Crippen LogP contribution < -0.4 is 9.64 Å². The van der Waals surface area contributed by atoms with E-state index in [1.54, 1.807) is 4.90 Å². The summed E-state index contributed by atoms with van der Waals surface area (Å²) in [6, 6.07) is 2.18. The highest BCUT2D eigenvalue weighted by molar-refractivity contribution is 5.60. The highest BCUT2D eigenvalue weighted by atomic mass is 19.1. The Morgan fingerprint density at radius 2 is 2.25 bits per heavy atom. The van der Waals surface area contributed by atoms with Gasteiger partial charge in [-0.05, 0) is 12.3 Å². The number of nitrogens with zero attached hydrogens (tertiary/aromatic N) is 2. The molecule has 0 radical (unpaired) electrons. The first-order valence-corrected chi connectivity index (χ1v) is 6.39. The van der Waals surface area contributed by atoms with Crippen molar-refractivity contribution < 1.29 is 19.2 Å². The van der Waals surface area contributed by atoms with Gasteiger partial charge in [-0.1, -0.05) is 6.92 Å². The third kappa shape index (κ3) is 2.67. The van der Waals surface area contributed by atoms with Crippen molar-refractivity contribution in [1.29, 1.82) is 0 Å². The number of β-amino-alcohol motifs (C(OH)–C–C–N with tert-alkyl or cyclic N) is 1. The maximum atomic E-state index is 14.1. The number of anilines is 1. The lowest BCUT2D eigenvalue weighted by atomic mass is 9.95. The number of ether oxygens (including phenoxy) is 1. The second-order valence-corrected chi connectivity index (χ2v) is 5.01. The van der Waals surface area contributed by atoms with E-state index in [9.17, 15) is 19.6 Å². The molecular formula is C13H17FN2O4. The van der Waals surface area contributed by atoms with Gasteiger partial charge in [0.05, 0.1) is 29.9 Å². The fourth-order valence-corrected chi connectivity index (χ4v) is 2.35. The van der Waals surface area contributed by atoms with Gasteiger partial charge in [-0.25, -0.2) is 4.39 Å². The number of benzene rings is 1. The Kier molecular flexibility index (Phi) is 4.08. The van der Waals surface area contributed by atoms with Gasteiger partial charge in [0.25, 0.3) is 0 Å². The van der Waals surface area contributed by atoms with Crippen LogP contribution in [0.15, 0.2) is 12.1 Å². The molecule has 0 bridgehead atoms. The molecule has 1 N–H and O–H groups in total. The molecular weight excluding hydrogens is 267 g/mol. The third-order valence-electron chi connectivity index (χ3n) is 3.70. The molecule has 0 amide bonds. The molecule has 1 aromatic rings. The Labute approximate surface area is 115 Å². The number of rotatable bonds is 3. The summed E-state index contributed by atoms with van der Waals surface area (Å²) in [5, 5.41) is 20.7. The first-order chi connectivity index (χ1) is 9.43. The molecule has 0 saturated carbocycles. The number of piperidine rings is 1. The summed E-state index contributed by atoms with van der Waals surface area (Å²) < 4.78 is 19.0. The summed E-state index contributed by atoms with van der Waals surface area (Å²) in [6.45, 7) is 2.84. The van der Waals surface area contributed by atoms with Crippen molar-refractivity contribution in [2.24, 2.45) is 5.92 Å². The van der Waals surface area contributed by atoms with E-state index in [0.29, 0.717) is 13.1 Å². The number of halogens is 1. The van der Waals surface area contributed by atoms with Crippen LogP contribution in [0.1, 0.15) is 13.3 Å². The average Bonchev–Trinajstić information content (AvgIpc) is 2.41.